The summed E-state index contributed by atoms with van der Waals surface area (Å²) in [4.78, 5) is 11.9. The number of alkyl halides is 1. The van der Waals surface area contributed by atoms with Crippen LogP contribution in [0.15, 0.2) is 24.3 Å². The number of amides is 1. The van der Waals surface area contributed by atoms with E-state index < -0.39 is 0 Å². The molecule has 2 unspecified atom stereocenters. The molecular weight excluding hydrogens is 258 g/mol. The normalized spacial score (nSPS) is 22.4. The monoisotopic (exact) mass is 279 g/mol. The molecule has 1 amide bonds. The van der Waals surface area contributed by atoms with Crippen molar-refractivity contribution in [1.29, 1.82) is 0 Å². The smallest absolute Gasteiger partial charge is 0.224 e. The Morgan fingerprint density at radius 2 is 2.16 bits per heavy atom. The molecule has 2 rings (SSSR count). The van der Waals surface area contributed by atoms with Gasteiger partial charge in [0.25, 0.3) is 0 Å². The van der Waals surface area contributed by atoms with E-state index in [0.717, 1.165) is 18.0 Å². The first-order valence-electron chi connectivity index (χ1n) is 7.07. The maximum atomic E-state index is 11.9. The molecule has 2 nitrogen and oxygen atoms in total. The van der Waals surface area contributed by atoms with E-state index >= 15 is 0 Å². The van der Waals surface area contributed by atoms with Crippen LogP contribution in [0.5, 0.6) is 0 Å². The molecule has 2 atom stereocenters. The van der Waals surface area contributed by atoms with Crippen molar-refractivity contribution in [3.8, 4) is 0 Å². The van der Waals surface area contributed by atoms with E-state index in [0.29, 0.717) is 18.3 Å². The first-order valence-corrected chi connectivity index (χ1v) is 7.60. The largest absolute Gasteiger partial charge is 0.356 e. The van der Waals surface area contributed by atoms with E-state index in [1.807, 2.05) is 25.1 Å². The highest BCUT2D eigenvalue weighted by atomic mass is 35.5. The Hall–Kier alpha value is -1.02. The first-order chi connectivity index (χ1) is 9.19. The molecule has 0 bridgehead atoms. The van der Waals surface area contributed by atoms with Crippen LogP contribution in [0.4, 0.5) is 0 Å². The van der Waals surface area contributed by atoms with E-state index in [9.17, 15) is 4.79 Å². The van der Waals surface area contributed by atoms with Gasteiger partial charge in [-0.25, -0.2) is 0 Å². The van der Waals surface area contributed by atoms with Crippen LogP contribution < -0.4 is 5.32 Å². The fourth-order valence-electron chi connectivity index (χ4n) is 2.90. The van der Waals surface area contributed by atoms with Crippen LogP contribution in [-0.4, -0.2) is 18.3 Å². The van der Waals surface area contributed by atoms with Gasteiger partial charge in [0.15, 0.2) is 0 Å². The summed E-state index contributed by atoms with van der Waals surface area (Å²) in [5.74, 6) is 1.99. The molecular formula is C16H22ClNO. The Kier molecular flexibility index (Phi) is 5.26. The molecule has 1 aromatic carbocycles. The number of hydrogen-bond donors (Lipinski definition) is 1. The Balaban J connectivity index is 1.78. The summed E-state index contributed by atoms with van der Waals surface area (Å²) >= 11 is 5.95. The average molecular weight is 280 g/mol. The van der Waals surface area contributed by atoms with Gasteiger partial charge in [-0.2, -0.15) is 0 Å². The lowest BCUT2D eigenvalue weighted by molar-refractivity contribution is -0.120. The molecule has 0 spiro atoms. The molecule has 1 aliphatic rings. The molecule has 3 heteroatoms. The molecule has 0 aromatic heterocycles. The van der Waals surface area contributed by atoms with Gasteiger partial charge in [0, 0.05) is 12.4 Å². The summed E-state index contributed by atoms with van der Waals surface area (Å²) in [7, 11) is 0. The fourth-order valence-corrected chi connectivity index (χ4v) is 3.31. The SMILES string of the molecule is Cc1cccc(CC(=O)NCC2CCCC2CCl)c1. The van der Waals surface area contributed by atoms with Gasteiger partial charge >= 0.3 is 0 Å². The number of hydrogen-bond acceptors (Lipinski definition) is 1. The molecule has 104 valence electrons. The minimum atomic E-state index is 0.117. The van der Waals surface area contributed by atoms with Crippen molar-refractivity contribution in [2.75, 3.05) is 12.4 Å². The van der Waals surface area contributed by atoms with Crippen LogP contribution in [0.25, 0.3) is 0 Å². The van der Waals surface area contributed by atoms with Crippen LogP contribution in [0.2, 0.25) is 0 Å². The number of aryl methyl sites for hydroxylation is 1. The predicted molar refractivity (Wildman–Crippen MR) is 79.4 cm³/mol. The Labute approximate surface area is 120 Å². The maximum Gasteiger partial charge on any atom is 0.224 e. The summed E-state index contributed by atoms with van der Waals surface area (Å²) in [6.45, 7) is 2.83. The summed E-state index contributed by atoms with van der Waals surface area (Å²) in [6, 6.07) is 8.11. The highest BCUT2D eigenvalue weighted by Crippen LogP contribution is 2.31. The molecule has 0 saturated heterocycles. The fraction of sp³-hybridized carbons (Fsp3) is 0.562. The van der Waals surface area contributed by atoms with Crippen LogP contribution in [0, 0.1) is 18.8 Å². The second-order valence-corrected chi connectivity index (χ2v) is 5.88. The van der Waals surface area contributed by atoms with Crippen molar-refractivity contribution in [3.05, 3.63) is 35.4 Å². The second kappa shape index (κ2) is 6.95. The highest BCUT2D eigenvalue weighted by molar-refractivity contribution is 6.18. The molecule has 1 fully saturated rings. The van der Waals surface area contributed by atoms with Gasteiger partial charge in [-0.1, -0.05) is 36.2 Å². The second-order valence-electron chi connectivity index (χ2n) is 5.58. The number of halogens is 1. The zero-order valence-corrected chi connectivity index (χ0v) is 12.2. The lowest BCUT2D eigenvalue weighted by atomic mass is 9.98. The van der Waals surface area contributed by atoms with Gasteiger partial charge < -0.3 is 5.32 Å². The van der Waals surface area contributed by atoms with Crippen molar-refractivity contribution < 1.29 is 4.79 Å². The molecule has 1 saturated carbocycles. The summed E-state index contributed by atoms with van der Waals surface area (Å²) < 4.78 is 0. The van der Waals surface area contributed by atoms with Gasteiger partial charge in [-0.15, -0.1) is 11.6 Å². The average Bonchev–Trinajstić information content (AvgIpc) is 2.83. The number of carbonyl (C=O) groups excluding carboxylic acids is 1. The standard InChI is InChI=1S/C16H22ClNO/c1-12-4-2-5-13(8-12)9-16(19)18-11-15-7-3-6-14(15)10-17/h2,4-5,8,14-15H,3,6-7,9-11H2,1H3,(H,18,19). The Morgan fingerprint density at radius 3 is 2.89 bits per heavy atom. The zero-order chi connectivity index (χ0) is 13.7. The van der Waals surface area contributed by atoms with Gasteiger partial charge in [-0.05, 0) is 37.2 Å². The van der Waals surface area contributed by atoms with Crippen LogP contribution >= 0.6 is 11.6 Å². The third kappa shape index (κ3) is 4.24. The third-order valence-electron chi connectivity index (χ3n) is 4.02. The Morgan fingerprint density at radius 1 is 1.37 bits per heavy atom. The molecule has 1 aliphatic carbocycles. The highest BCUT2D eigenvalue weighted by Gasteiger charge is 2.26. The van der Waals surface area contributed by atoms with Crippen molar-refractivity contribution in [1.82, 2.24) is 5.32 Å². The maximum absolute atomic E-state index is 11.9. The molecule has 19 heavy (non-hydrogen) atoms. The van der Waals surface area contributed by atoms with Crippen LogP contribution in [-0.2, 0) is 11.2 Å². The van der Waals surface area contributed by atoms with Gasteiger partial charge in [0.2, 0.25) is 5.91 Å². The molecule has 0 aliphatic heterocycles. The minimum Gasteiger partial charge on any atom is -0.356 e. The van der Waals surface area contributed by atoms with E-state index in [2.05, 4.69) is 11.4 Å². The minimum absolute atomic E-state index is 0.117. The number of benzene rings is 1. The van der Waals surface area contributed by atoms with Crippen LogP contribution in [0.1, 0.15) is 30.4 Å². The molecule has 0 heterocycles. The summed E-state index contributed by atoms with van der Waals surface area (Å²) in [6.07, 6.45) is 4.12. The molecule has 1 aromatic rings. The molecule has 0 radical (unpaired) electrons. The van der Waals surface area contributed by atoms with Crippen LogP contribution in [0.3, 0.4) is 0 Å². The Bertz CT molecular complexity index is 433. The summed E-state index contributed by atoms with van der Waals surface area (Å²) in [5.41, 5.74) is 2.28. The van der Waals surface area contributed by atoms with E-state index in [1.54, 1.807) is 0 Å². The lowest BCUT2D eigenvalue weighted by Crippen LogP contribution is -2.32. The summed E-state index contributed by atoms with van der Waals surface area (Å²) in [5, 5.41) is 3.06. The van der Waals surface area contributed by atoms with Gasteiger partial charge in [-0.3, -0.25) is 4.79 Å². The van der Waals surface area contributed by atoms with Crippen molar-refractivity contribution in [2.24, 2.45) is 11.8 Å². The van der Waals surface area contributed by atoms with Crippen molar-refractivity contribution >= 4 is 17.5 Å². The number of rotatable bonds is 5. The van der Waals surface area contributed by atoms with Gasteiger partial charge in [0.1, 0.15) is 0 Å². The lowest BCUT2D eigenvalue weighted by Gasteiger charge is -2.17. The van der Waals surface area contributed by atoms with Gasteiger partial charge in [0.05, 0.1) is 6.42 Å². The van der Waals surface area contributed by atoms with E-state index in [-0.39, 0.29) is 5.91 Å². The first kappa shape index (κ1) is 14.4. The quantitative estimate of drug-likeness (QED) is 0.823. The van der Waals surface area contributed by atoms with Crippen molar-refractivity contribution in [2.45, 2.75) is 32.6 Å². The topological polar surface area (TPSA) is 29.1 Å². The van der Waals surface area contributed by atoms with E-state index in [1.165, 1.54) is 24.8 Å². The molecule has 1 N–H and O–H groups in total. The predicted octanol–water partition coefficient (Wildman–Crippen LogP) is 3.31. The van der Waals surface area contributed by atoms with E-state index in [4.69, 9.17) is 11.6 Å². The van der Waals surface area contributed by atoms with Crippen molar-refractivity contribution in [3.63, 3.8) is 0 Å². The number of nitrogens with one attached hydrogen (secondary N) is 1. The zero-order valence-electron chi connectivity index (χ0n) is 11.5. The number of carbonyl (C=O) groups is 1. The third-order valence-corrected chi connectivity index (χ3v) is 4.42.